The van der Waals surface area contributed by atoms with Gasteiger partial charge in [-0.05, 0) is 75.0 Å². The van der Waals surface area contributed by atoms with Gasteiger partial charge in [-0.25, -0.2) is 4.68 Å². The van der Waals surface area contributed by atoms with Crippen molar-refractivity contribution < 1.29 is 4.79 Å². The van der Waals surface area contributed by atoms with Crippen molar-refractivity contribution in [2.24, 2.45) is 5.92 Å². The first-order valence-electron chi connectivity index (χ1n) is 12.2. The van der Waals surface area contributed by atoms with Crippen LogP contribution < -0.4 is 15.5 Å². The summed E-state index contributed by atoms with van der Waals surface area (Å²) in [5.41, 5.74) is 6.82. The van der Waals surface area contributed by atoms with E-state index in [1.807, 2.05) is 55.8 Å². The van der Waals surface area contributed by atoms with Gasteiger partial charge in [0.05, 0.1) is 17.8 Å². The molecule has 5 rings (SSSR count). The van der Waals surface area contributed by atoms with Gasteiger partial charge in [0.25, 0.3) is 0 Å². The zero-order valence-corrected chi connectivity index (χ0v) is 22.3. The largest absolute Gasteiger partial charge is 0.351 e. The van der Waals surface area contributed by atoms with Crippen LogP contribution in [0.25, 0.3) is 0 Å². The summed E-state index contributed by atoms with van der Waals surface area (Å²) in [5.74, 6) is -0.109. The Balaban J connectivity index is 1.61. The van der Waals surface area contributed by atoms with Crippen LogP contribution in [0.1, 0.15) is 54.1 Å². The average molecular weight is 515 g/mol. The molecule has 9 nitrogen and oxygen atoms in total. The lowest BCUT2D eigenvalue weighted by Gasteiger charge is -2.29. The second kappa shape index (κ2) is 9.78. The number of rotatable bonds is 6. The van der Waals surface area contributed by atoms with Gasteiger partial charge in [0, 0.05) is 40.4 Å². The molecule has 10 heteroatoms. The topological polar surface area (TPSA) is 92.9 Å². The third-order valence-electron chi connectivity index (χ3n) is 6.76. The molecule has 2 N–H and O–H groups in total. The van der Waals surface area contributed by atoms with E-state index in [0.717, 1.165) is 39.6 Å². The third kappa shape index (κ3) is 4.48. The monoisotopic (exact) mass is 514 g/mol. The molecule has 0 bridgehead atoms. The summed E-state index contributed by atoms with van der Waals surface area (Å²) < 4.78 is 3.95. The molecule has 190 valence electrons. The van der Waals surface area contributed by atoms with Crippen LogP contribution in [0.2, 0.25) is 0 Å². The fourth-order valence-corrected chi connectivity index (χ4v) is 5.24. The van der Waals surface area contributed by atoms with Gasteiger partial charge in [-0.1, -0.05) is 19.9 Å². The molecule has 1 fully saturated rings. The lowest BCUT2D eigenvalue weighted by atomic mass is 9.96. The molecule has 3 aromatic heterocycles. The van der Waals surface area contributed by atoms with Crippen molar-refractivity contribution in [1.82, 2.24) is 29.9 Å². The zero-order chi connectivity index (χ0) is 26.3. The van der Waals surface area contributed by atoms with Crippen LogP contribution in [-0.2, 0) is 4.79 Å². The highest BCUT2D eigenvalue weighted by Gasteiger charge is 2.42. The van der Waals surface area contributed by atoms with Crippen LogP contribution in [0.3, 0.4) is 0 Å². The molecular formula is C27H30N8OS. The molecule has 0 radical (unpaired) electrons. The van der Waals surface area contributed by atoms with Crippen LogP contribution in [-0.4, -0.2) is 35.6 Å². The van der Waals surface area contributed by atoms with Crippen molar-refractivity contribution in [3.63, 3.8) is 0 Å². The number of pyridine rings is 1. The van der Waals surface area contributed by atoms with E-state index >= 15 is 0 Å². The van der Waals surface area contributed by atoms with Crippen molar-refractivity contribution in [1.29, 1.82) is 0 Å². The molecule has 0 aliphatic carbocycles. The number of benzene rings is 1. The molecule has 4 heterocycles. The number of carbonyl (C=O) groups excluding carboxylic acids is 1. The second-order valence-electron chi connectivity index (χ2n) is 9.62. The minimum atomic E-state index is -0.163. The van der Waals surface area contributed by atoms with E-state index in [0.29, 0.717) is 5.11 Å². The summed E-state index contributed by atoms with van der Waals surface area (Å²) in [6.45, 7) is 9.91. The van der Waals surface area contributed by atoms with Gasteiger partial charge >= 0.3 is 0 Å². The summed E-state index contributed by atoms with van der Waals surface area (Å²) in [5, 5.41) is 15.1. The van der Waals surface area contributed by atoms with Gasteiger partial charge in [0.1, 0.15) is 12.7 Å². The standard InChI is InChI=1S/C27H30N8OS/c1-16(2)26(36)31-22-10-9-20(12-17(22)3)34-25(24(32-27(34)37)23-8-6-7-11-28-23)21-13-18(4)35(19(21)5)33-14-29-30-15-33/h6-16,24-25H,1-5H3,(H,31,36)(H,32,37)/t24-,25-/m1/s1. The Morgan fingerprint density at radius 2 is 1.84 bits per heavy atom. The Hall–Kier alpha value is -4.05. The van der Waals surface area contributed by atoms with Crippen LogP contribution in [0.4, 0.5) is 11.4 Å². The van der Waals surface area contributed by atoms with E-state index in [9.17, 15) is 4.79 Å². The van der Waals surface area contributed by atoms with E-state index in [1.165, 1.54) is 0 Å². The Bertz CT molecular complexity index is 1440. The SMILES string of the molecule is Cc1cc(N2C(=S)N[C@H](c3ccccn3)[C@H]2c2cc(C)n(-n3cnnc3)c2C)ccc1NC(=O)C(C)C. The lowest BCUT2D eigenvalue weighted by molar-refractivity contribution is -0.118. The minimum Gasteiger partial charge on any atom is -0.351 e. The normalized spacial score (nSPS) is 17.4. The van der Waals surface area contributed by atoms with Crippen molar-refractivity contribution in [3.8, 4) is 0 Å². The Kier molecular flexibility index (Phi) is 6.51. The first kappa shape index (κ1) is 24.6. The predicted molar refractivity (Wildman–Crippen MR) is 147 cm³/mol. The van der Waals surface area contributed by atoms with Crippen LogP contribution >= 0.6 is 12.2 Å². The number of anilines is 2. The van der Waals surface area contributed by atoms with Crippen molar-refractivity contribution in [2.75, 3.05) is 10.2 Å². The maximum atomic E-state index is 12.3. The second-order valence-corrected chi connectivity index (χ2v) is 10.0. The van der Waals surface area contributed by atoms with Crippen molar-refractivity contribution in [3.05, 3.63) is 89.5 Å². The Morgan fingerprint density at radius 3 is 2.49 bits per heavy atom. The van der Waals surface area contributed by atoms with Gasteiger partial charge in [-0.3, -0.25) is 14.5 Å². The molecule has 1 aliphatic rings. The number of amides is 1. The Morgan fingerprint density at radius 1 is 1.08 bits per heavy atom. The van der Waals surface area contributed by atoms with E-state index in [1.54, 1.807) is 18.9 Å². The molecular weight excluding hydrogens is 484 g/mol. The number of thiocarbonyl (C=S) groups is 1. The number of aromatic nitrogens is 5. The first-order valence-corrected chi connectivity index (χ1v) is 12.6. The number of carbonyl (C=O) groups is 1. The minimum absolute atomic E-state index is 0.0104. The summed E-state index contributed by atoms with van der Waals surface area (Å²) in [4.78, 5) is 19.1. The summed E-state index contributed by atoms with van der Waals surface area (Å²) >= 11 is 5.90. The molecule has 1 aromatic carbocycles. The van der Waals surface area contributed by atoms with Crippen LogP contribution in [0, 0.1) is 26.7 Å². The van der Waals surface area contributed by atoms with E-state index < -0.39 is 0 Å². The molecule has 1 saturated heterocycles. The van der Waals surface area contributed by atoms with Gasteiger partial charge in [-0.2, -0.15) is 0 Å². The number of nitrogens with zero attached hydrogens (tertiary/aromatic N) is 6. The first-order chi connectivity index (χ1) is 17.8. The fourth-order valence-electron chi connectivity index (χ4n) is 4.89. The highest BCUT2D eigenvalue weighted by atomic mass is 32.1. The van der Waals surface area contributed by atoms with Gasteiger partial charge in [0.2, 0.25) is 5.91 Å². The molecule has 2 atom stereocenters. The van der Waals surface area contributed by atoms with E-state index in [2.05, 4.69) is 61.4 Å². The van der Waals surface area contributed by atoms with Gasteiger partial charge < -0.3 is 15.5 Å². The molecule has 0 spiro atoms. The molecule has 0 unspecified atom stereocenters. The smallest absolute Gasteiger partial charge is 0.226 e. The predicted octanol–water partition coefficient (Wildman–Crippen LogP) is 4.48. The number of aryl methyl sites for hydroxylation is 2. The molecule has 1 aliphatic heterocycles. The molecule has 0 saturated carbocycles. The lowest BCUT2D eigenvalue weighted by Crippen LogP contribution is -2.29. The van der Waals surface area contributed by atoms with Crippen molar-refractivity contribution >= 4 is 34.6 Å². The van der Waals surface area contributed by atoms with Crippen LogP contribution in [0.5, 0.6) is 0 Å². The van der Waals surface area contributed by atoms with E-state index in [4.69, 9.17) is 12.2 Å². The number of nitrogens with one attached hydrogen (secondary N) is 2. The van der Waals surface area contributed by atoms with Gasteiger partial charge in [0.15, 0.2) is 5.11 Å². The third-order valence-corrected chi connectivity index (χ3v) is 7.07. The van der Waals surface area contributed by atoms with Crippen molar-refractivity contribution in [2.45, 2.75) is 46.7 Å². The summed E-state index contributed by atoms with van der Waals surface area (Å²) in [6.07, 6.45) is 5.17. The Labute approximate surface area is 221 Å². The number of hydrogen-bond donors (Lipinski definition) is 2. The van der Waals surface area contributed by atoms with Gasteiger partial charge in [-0.15, -0.1) is 10.2 Å². The summed E-state index contributed by atoms with van der Waals surface area (Å²) in [6, 6.07) is 13.8. The maximum absolute atomic E-state index is 12.3. The highest BCUT2D eigenvalue weighted by Crippen LogP contribution is 2.43. The maximum Gasteiger partial charge on any atom is 0.226 e. The summed E-state index contributed by atoms with van der Waals surface area (Å²) in [7, 11) is 0. The molecule has 1 amide bonds. The quantitative estimate of drug-likeness (QED) is 0.367. The average Bonchev–Trinajstić information content (AvgIpc) is 3.58. The molecule has 4 aromatic rings. The van der Waals surface area contributed by atoms with Crippen LogP contribution in [0.15, 0.2) is 61.3 Å². The zero-order valence-electron chi connectivity index (χ0n) is 21.5. The highest BCUT2D eigenvalue weighted by molar-refractivity contribution is 7.80. The molecule has 37 heavy (non-hydrogen) atoms. The number of hydrogen-bond acceptors (Lipinski definition) is 5. The van der Waals surface area contributed by atoms with E-state index in [-0.39, 0.29) is 23.9 Å². The fraction of sp³-hybridized carbons (Fsp3) is 0.296.